The van der Waals surface area contributed by atoms with Gasteiger partial charge >= 0.3 is 6.09 Å². The van der Waals surface area contributed by atoms with Crippen LogP contribution in [-0.2, 0) is 11.3 Å². The molecule has 0 atom stereocenters. The maximum atomic E-state index is 12.2. The lowest BCUT2D eigenvalue weighted by molar-refractivity contribution is -0.384. The van der Waals surface area contributed by atoms with Gasteiger partial charge in [-0.15, -0.1) is 0 Å². The summed E-state index contributed by atoms with van der Waals surface area (Å²) in [5, 5.41) is 10.8. The van der Waals surface area contributed by atoms with E-state index in [0.29, 0.717) is 30.7 Å². The zero-order valence-corrected chi connectivity index (χ0v) is 15.6. The van der Waals surface area contributed by atoms with Crippen LogP contribution in [0.4, 0.5) is 16.2 Å². The van der Waals surface area contributed by atoms with Gasteiger partial charge in [0, 0.05) is 42.8 Å². The summed E-state index contributed by atoms with van der Waals surface area (Å²) in [7, 11) is 0. The van der Waals surface area contributed by atoms with Crippen molar-refractivity contribution in [3.63, 3.8) is 0 Å². The molecule has 0 unspecified atom stereocenters. The first-order chi connectivity index (χ1) is 12.5. The van der Waals surface area contributed by atoms with Crippen molar-refractivity contribution < 1.29 is 14.5 Å². The second kappa shape index (κ2) is 8.18. The third kappa shape index (κ3) is 4.32. The van der Waals surface area contributed by atoms with Gasteiger partial charge < -0.3 is 14.5 Å². The molecule has 1 heterocycles. The molecule has 1 saturated heterocycles. The van der Waals surface area contributed by atoms with Gasteiger partial charge in [-0.3, -0.25) is 10.1 Å². The molecule has 0 radical (unpaired) electrons. The van der Waals surface area contributed by atoms with Crippen molar-refractivity contribution in [2.24, 2.45) is 0 Å². The van der Waals surface area contributed by atoms with Gasteiger partial charge in [-0.05, 0) is 27.6 Å². The van der Waals surface area contributed by atoms with E-state index in [1.54, 1.807) is 11.0 Å². The van der Waals surface area contributed by atoms with E-state index >= 15 is 0 Å². The number of hydrogen-bond acceptors (Lipinski definition) is 5. The number of non-ortho nitro benzene ring substituents is 1. The Morgan fingerprint density at radius 2 is 1.81 bits per heavy atom. The lowest BCUT2D eigenvalue weighted by Crippen LogP contribution is -2.49. The molecule has 0 aliphatic carbocycles. The third-order valence-corrected chi connectivity index (χ3v) is 4.86. The fraction of sp³-hybridized carbons (Fsp3) is 0.278. The summed E-state index contributed by atoms with van der Waals surface area (Å²) in [5.41, 5.74) is 1.88. The highest BCUT2D eigenvalue weighted by atomic mass is 79.9. The van der Waals surface area contributed by atoms with Crippen LogP contribution in [0.2, 0.25) is 0 Å². The Morgan fingerprint density at radius 3 is 2.42 bits per heavy atom. The minimum Gasteiger partial charge on any atom is -0.445 e. The molecule has 1 amide bonds. The maximum absolute atomic E-state index is 12.2. The molecule has 0 bridgehead atoms. The Kier molecular flexibility index (Phi) is 5.72. The van der Waals surface area contributed by atoms with Crippen molar-refractivity contribution in [1.29, 1.82) is 0 Å². The molecule has 0 spiro atoms. The molecule has 2 aromatic rings. The number of benzene rings is 2. The number of nitro groups is 1. The highest BCUT2D eigenvalue weighted by Crippen LogP contribution is 2.30. The first-order valence-corrected chi connectivity index (χ1v) is 8.98. The van der Waals surface area contributed by atoms with Crippen LogP contribution in [0.15, 0.2) is 53.0 Å². The van der Waals surface area contributed by atoms with Gasteiger partial charge in [0.1, 0.15) is 6.61 Å². The van der Waals surface area contributed by atoms with Gasteiger partial charge in [-0.2, -0.15) is 0 Å². The Morgan fingerprint density at radius 1 is 1.12 bits per heavy atom. The number of ether oxygens (including phenoxy) is 1. The molecule has 1 aliphatic rings. The summed E-state index contributed by atoms with van der Waals surface area (Å²) in [6.45, 7) is 2.61. The lowest BCUT2D eigenvalue weighted by atomic mass is 10.2. The van der Waals surface area contributed by atoms with Crippen molar-refractivity contribution >= 4 is 33.4 Å². The fourth-order valence-electron chi connectivity index (χ4n) is 2.81. The van der Waals surface area contributed by atoms with Gasteiger partial charge in [0.15, 0.2) is 0 Å². The Labute approximate surface area is 159 Å². The van der Waals surface area contributed by atoms with E-state index < -0.39 is 4.92 Å². The molecule has 8 heteroatoms. The first kappa shape index (κ1) is 18.2. The van der Waals surface area contributed by atoms with Crippen LogP contribution < -0.4 is 4.90 Å². The molecule has 136 valence electrons. The fourth-order valence-corrected chi connectivity index (χ4v) is 3.42. The molecule has 1 aliphatic heterocycles. The molecule has 0 saturated carbocycles. The predicted molar refractivity (Wildman–Crippen MR) is 101 cm³/mol. The molecule has 26 heavy (non-hydrogen) atoms. The molecule has 7 nitrogen and oxygen atoms in total. The van der Waals surface area contributed by atoms with E-state index in [2.05, 4.69) is 20.8 Å². The average Bonchev–Trinajstić information content (AvgIpc) is 2.67. The summed E-state index contributed by atoms with van der Waals surface area (Å²) >= 11 is 3.39. The number of carbonyl (C=O) groups is 1. The number of anilines is 1. The van der Waals surface area contributed by atoms with Crippen molar-refractivity contribution in [3.05, 3.63) is 68.7 Å². The number of nitrogens with zero attached hydrogens (tertiary/aromatic N) is 3. The van der Waals surface area contributed by atoms with E-state index in [9.17, 15) is 14.9 Å². The lowest BCUT2D eigenvalue weighted by Gasteiger charge is -2.35. The zero-order valence-electron chi connectivity index (χ0n) is 14.0. The van der Waals surface area contributed by atoms with Crippen molar-refractivity contribution in [3.8, 4) is 0 Å². The van der Waals surface area contributed by atoms with Crippen LogP contribution in [0, 0.1) is 10.1 Å². The number of halogens is 1. The first-order valence-electron chi connectivity index (χ1n) is 8.19. The maximum Gasteiger partial charge on any atom is 0.410 e. The van der Waals surface area contributed by atoms with E-state index in [4.69, 9.17) is 4.74 Å². The topological polar surface area (TPSA) is 75.9 Å². The van der Waals surface area contributed by atoms with Crippen LogP contribution >= 0.6 is 15.9 Å². The smallest absolute Gasteiger partial charge is 0.410 e. The molecule has 1 fully saturated rings. The van der Waals surface area contributed by atoms with Gasteiger partial charge in [-0.25, -0.2) is 4.79 Å². The van der Waals surface area contributed by atoms with Crippen LogP contribution in [0.5, 0.6) is 0 Å². The summed E-state index contributed by atoms with van der Waals surface area (Å²) in [6.07, 6.45) is -0.323. The quantitative estimate of drug-likeness (QED) is 0.556. The Balaban J connectivity index is 1.54. The van der Waals surface area contributed by atoms with E-state index in [1.165, 1.54) is 12.1 Å². The van der Waals surface area contributed by atoms with Crippen molar-refractivity contribution in [2.75, 3.05) is 31.1 Å². The van der Waals surface area contributed by atoms with Crippen LogP contribution in [0.1, 0.15) is 5.56 Å². The Bertz CT molecular complexity index is 792. The third-order valence-electron chi connectivity index (χ3n) is 4.23. The second-order valence-corrected chi connectivity index (χ2v) is 6.76. The van der Waals surface area contributed by atoms with Crippen LogP contribution in [-0.4, -0.2) is 42.1 Å². The van der Waals surface area contributed by atoms with E-state index in [1.807, 2.05) is 30.3 Å². The molecule has 0 aromatic heterocycles. The van der Waals surface area contributed by atoms with Gasteiger partial charge in [0.2, 0.25) is 0 Å². The van der Waals surface area contributed by atoms with Gasteiger partial charge in [0.25, 0.3) is 5.69 Å². The normalized spacial score (nSPS) is 14.2. The van der Waals surface area contributed by atoms with Crippen LogP contribution in [0.25, 0.3) is 0 Å². The molecule has 3 rings (SSSR count). The predicted octanol–water partition coefficient (Wildman–Crippen LogP) is 3.82. The summed E-state index contributed by atoms with van der Waals surface area (Å²) < 4.78 is 6.03. The van der Waals surface area contributed by atoms with E-state index in [-0.39, 0.29) is 18.4 Å². The SMILES string of the molecule is O=C(OCc1ccccc1)N1CCN(c2ccc([N+](=O)[O-])cc2Br)CC1. The van der Waals surface area contributed by atoms with Gasteiger partial charge in [0.05, 0.1) is 10.6 Å². The summed E-state index contributed by atoms with van der Waals surface area (Å²) in [5.74, 6) is 0. The number of nitro benzene ring substituents is 1. The molecular weight excluding hydrogens is 402 g/mol. The zero-order chi connectivity index (χ0) is 18.5. The van der Waals surface area contributed by atoms with Crippen molar-refractivity contribution in [2.45, 2.75) is 6.61 Å². The van der Waals surface area contributed by atoms with Gasteiger partial charge in [-0.1, -0.05) is 30.3 Å². The number of amides is 1. The summed E-state index contributed by atoms with van der Waals surface area (Å²) in [6, 6.07) is 14.3. The second-order valence-electron chi connectivity index (χ2n) is 5.91. The largest absolute Gasteiger partial charge is 0.445 e. The number of hydrogen-bond donors (Lipinski definition) is 0. The highest BCUT2D eigenvalue weighted by Gasteiger charge is 2.24. The molecule has 2 aromatic carbocycles. The summed E-state index contributed by atoms with van der Waals surface area (Å²) in [4.78, 5) is 26.4. The standard InChI is InChI=1S/C18H18BrN3O4/c19-16-12-15(22(24)25)6-7-17(16)20-8-10-21(11-9-20)18(23)26-13-14-4-2-1-3-5-14/h1-7,12H,8-11,13H2. The minimum atomic E-state index is -0.421. The van der Waals surface area contributed by atoms with Crippen LogP contribution in [0.3, 0.4) is 0 Å². The average molecular weight is 420 g/mol. The number of piperazine rings is 1. The van der Waals surface area contributed by atoms with Crippen molar-refractivity contribution in [1.82, 2.24) is 4.90 Å². The number of rotatable bonds is 4. The monoisotopic (exact) mass is 419 g/mol. The molecule has 0 N–H and O–H groups in total. The highest BCUT2D eigenvalue weighted by molar-refractivity contribution is 9.10. The molecular formula is C18H18BrN3O4. The Hall–Kier alpha value is -2.61. The number of carbonyl (C=O) groups excluding carboxylic acids is 1. The van der Waals surface area contributed by atoms with E-state index in [0.717, 1.165) is 11.3 Å². The minimum absolute atomic E-state index is 0.0451.